The van der Waals surface area contributed by atoms with Crippen LogP contribution in [0.25, 0.3) is 0 Å². The third kappa shape index (κ3) is 4.70. The quantitative estimate of drug-likeness (QED) is 0.445. The summed E-state index contributed by atoms with van der Waals surface area (Å²) in [6, 6.07) is 0. The van der Waals surface area contributed by atoms with E-state index in [0.717, 1.165) is 0 Å². The van der Waals surface area contributed by atoms with Crippen LogP contribution in [0.4, 0.5) is 0 Å². The summed E-state index contributed by atoms with van der Waals surface area (Å²) in [7, 11) is 3.80. The summed E-state index contributed by atoms with van der Waals surface area (Å²) in [5.41, 5.74) is 0. The van der Waals surface area contributed by atoms with Gasteiger partial charge in [0.05, 0.1) is 20.7 Å². The zero-order valence-corrected chi connectivity index (χ0v) is 7.21. The minimum Gasteiger partial charge on any atom is -0.391 e. The third-order valence-corrected chi connectivity index (χ3v) is 1.52. The van der Waals surface area contributed by atoms with E-state index in [1.807, 2.05) is 14.1 Å². The molecule has 3 heteroatoms. The molecule has 11 heavy (non-hydrogen) atoms. The number of carbonyl (C=O) groups excluding carboxylic acids is 1. The van der Waals surface area contributed by atoms with Crippen molar-refractivity contribution in [3.05, 3.63) is 12.7 Å². The number of aliphatic hydroxyl groups excluding tert-OH is 1. The van der Waals surface area contributed by atoms with Gasteiger partial charge in [-0.2, -0.15) is 0 Å². The molecule has 0 radical (unpaired) electrons. The van der Waals surface area contributed by atoms with Crippen molar-refractivity contribution in [2.24, 2.45) is 0 Å². The summed E-state index contributed by atoms with van der Waals surface area (Å²) in [6.45, 7) is 4.50. The molecule has 0 unspecified atom stereocenters. The lowest BCUT2D eigenvalue weighted by molar-refractivity contribution is -0.882. The Kier molecular flexibility index (Phi) is 4.00. The van der Waals surface area contributed by atoms with Crippen LogP contribution in [0.5, 0.6) is 0 Å². The maximum Gasteiger partial charge on any atom is 0.209 e. The van der Waals surface area contributed by atoms with E-state index in [1.165, 1.54) is 6.08 Å². The van der Waals surface area contributed by atoms with Crippen molar-refractivity contribution in [3.63, 3.8) is 0 Å². The minimum atomic E-state index is 0.0171. The number of hydrogen-bond donors (Lipinski definition) is 1. The van der Waals surface area contributed by atoms with Crippen LogP contribution in [0.3, 0.4) is 0 Å². The van der Waals surface area contributed by atoms with Gasteiger partial charge < -0.3 is 9.59 Å². The van der Waals surface area contributed by atoms with E-state index in [2.05, 4.69) is 6.58 Å². The van der Waals surface area contributed by atoms with Crippen LogP contribution in [0, 0.1) is 0 Å². The van der Waals surface area contributed by atoms with E-state index in [4.69, 9.17) is 5.11 Å². The Hall–Kier alpha value is -0.670. The van der Waals surface area contributed by atoms with Gasteiger partial charge >= 0.3 is 0 Å². The van der Waals surface area contributed by atoms with Crippen molar-refractivity contribution >= 4 is 5.78 Å². The summed E-state index contributed by atoms with van der Waals surface area (Å²) >= 11 is 0. The molecule has 0 spiro atoms. The molecule has 0 saturated heterocycles. The van der Waals surface area contributed by atoms with Crippen LogP contribution in [0.2, 0.25) is 0 Å². The highest BCUT2D eigenvalue weighted by Gasteiger charge is 2.16. The predicted molar refractivity (Wildman–Crippen MR) is 44.1 cm³/mol. The largest absolute Gasteiger partial charge is 0.391 e. The van der Waals surface area contributed by atoms with E-state index in [9.17, 15) is 4.79 Å². The first-order valence-corrected chi connectivity index (χ1v) is 3.60. The molecule has 1 N–H and O–H groups in total. The summed E-state index contributed by atoms with van der Waals surface area (Å²) in [5, 5.41) is 8.63. The number of rotatable bonds is 5. The summed E-state index contributed by atoms with van der Waals surface area (Å²) in [6.07, 6.45) is 1.32. The average Bonchev–Trinajstić information content (AvgIpc) is 1.86. The van der Waals surface area contributed by atoms with Crippen LogP contribution in [-0.4, -0.2) is 49.2 Å². The molecule has 0 aliphatic heterocycles. The fraction of sp³-hybridized carbons (Fsp3) is 0.625. The van der Waals surface area contributed by atoms with E-state index in [0.29, 0.717) is 17.6 Å². The van der Waals surface area contributed by atoms with Gasteiger partial charge in [-0.25, -0.2) is 0 Å². The third-order valence-electron chi connectivity index (χ3n) is 1.52. The maximum absolute atomic E-state index is 10.9. The van der Waals surface area contributed by atoms with Gasteiger partial charge in [0, 0.05) is 0 Å². The van der Waals surface area contributed by atoms with Gasteiger partial charge in [-0.1, -0.05) is 6.58 Å². The normalized spacial score (nSPS) is 11.2. The number of nitrogens with zero attached hydrogens (tertiary/aromatic N) is 1. The topological polar surface area (TPSA) is 37.3 Å². The lowest BCUT2D eigenvalue weighted by Crippen LogP contribution is -2.45. The second kappa shape index (κ2) is 4.26. The molecule has 0 aliphatic carbocycles. The molecule has 0 aromatic rings. The molecule has 0 aromatic heterocycles. The van der Waals surface area contributed by atoms with E-state index >= 15 is 0 Å². The zero-order chi connectivity index (χ0) is 8.91. The second-order valence-electron chi connectivity index (χ2n) is 3.21. The van der Waals surface area contributed by atoms with Crippen LogP contribution >= 0.6 is 0 Å². The SMILES string of the molecule is C=CC(=O)C[N+](C)(C)CCO. The smallest absolute Gasteiger partial charge is 0.209 e. The van der Waals surface area contributed by atoms with Gasteiger partial charge in [0.15, 0.2) is 0 Å². The highest BCUT2D eigenvalue weighted by atomic mass is 16.3. The van der Waals surface area contributed by atoms with Crippen LogP contribution in [0.15, 0.2) is 12.7 Å². The monoisotopic (exact) mass is 158 g/mol. The molecular formula is C8H16NO2+. The molecule has 0 fully saturated rings. The lowest BCUT2D eigenvalue weighted by Gasteiger charge is -2.27. The number of aliphatic hydroxyl groups is 1. The molecule has 64 valence electrons. The second-order valence-corrected chi connectivity index (χ2v) is 3.21. The van der Waals surface area contributed by atoms with Gasteiger partial charge in [-0.3, -0.25) is 4.79 Å². The predicted octanol–water partition coefficient (Wildman–Crippen LogP) is -0.190. The molecule has 0 aromatic carbocycles. The molecule has 0 amide bonds. The van der Waals surface area contributed by atoms with E-state index in [1.54, 1.807) is 0 Å². The number of ketones is 1. The van der Waals surface area contributed by atoms with Crippen molar-refractivity contribution in [2.75, 3.05) is 33.8 Å². The first-order chi connectivity index (χ1) is 5.02. The van der Waals surface area contributed by atoms with Gasteiger partial charge in [0.2, 0.25) is 5.78 Å². The Morgan fingerprint density at radius 1 is 1.64 bits per heavy atom. The molecule has 3 nitrogen and oxygen atoms in total. The molecule has 0 heterocycles. The van der Waals surface area contributed by atoms with Gasteiger partial charge in [-0.05, 0) is 6.08 Å². The Balaban J connectivity index is 3.89. The summed E-state index contributed by atoms with van der Waals surface area (Å²) in [5.74, 6) is 0.0171. The van der Waals surface area contributed by atoms with Crippen LogP contribution < -0.4 is 0 Å². The lowest BCUT2D eigenvalue weighted by atomic mass is 10.3. The zero-order valence-electron chi connectivity index (χ0n) is 7.21. The molecule has 0 atom stereocenters. The van der Waals surface area contributed by atoms with Gasteiger partial charge in [-0.15, -0.1) is 0 Å². The molecular weight excluding hydrogens is 142 g/mol. The number of hydrogen-bond acceptors (Lipinski definition) is 2. The van der Waals surface area contributed by atoms with Gasteiger partial charge in [0.1, 0.15) is 13.1 Å². The standard InChI is InChI=1S/C8H16NO2/c1-4-8(11)7-9(2,3)5-6-10/h4,10H,1,5-7H2,2-3H3/q+1. The Labute approximate surface area is 67.5 Å². The van der Waals surface area contributed by atoms with Crippen molar-refractivity contribution in [1.82, 2.24) is 0 Å². The number of carbonyl (C=O) groups is 1. The molecule has 0 aliphatic rings. The van der Waals surface area contributed by atoms with Crippen molar-refractivity contribution in [1.29, 1.82) is 0 Å². The maximum atomic E-state index is 10.9. The first kappa shape index (κ1) is 10.3. The van der Waals surface area contributed by atoms with Crippen molar-refractivity contribution < 1.29 is 14.4 Å². The summed E-state index contributed by atoms with van der Waals surface area (Å²) in [4.78, 5) is 10.9. The van der Waals surface area contributed by atoms with E-state index < -0.39 is 0 Å². The Morgan fingerprint density at radius 3 is 2.55 bits per heavy atom. The van der Waals surface area contributed by atoms with Crippen LogP contribution in [0.1, 0.15) is 0 Å². The van der Waals surface area contributed by atoms with Crippen molar-refractivity contribution in [3.8, 4) is 0 Å². The van der Waals surface area contributed by atoms with E-state index in [-0.39, 0.29) is 12.4 Å². The van der Waals surface area contributed by atoms with Crippen molar-refractivity contribution in [2.45, 2.75) is 0 Å². The summed E-state index contributed by atoms with van der Waals surface area (Å²) < 4.78 is 0.515. The average molecular weight is 158 g/mol. The Morgan fingerprint density at radius 2 is 2.18 bits per heavy atom. The molecule has 0 saturated carbocycles. The van der Waals surface area contributed by atoms with Gasteiger partial charge in [0.25, 0.3) is 0 Å². The molecule has 0 bridgehead atoms. The fourth-order valence-electron chi connectivity index (χ4n) is 0.836. The highest BCUT2D eigenvalue weighted by Crippen LogP contribution is 1.95. The highest BCUT2D eigenvalue weighted by molar-refractivity contribution is 5.90. The minimum absolute atomic E-state index is 0.0171. The molecule has 0 rings (SSSR count). The fourth-order valence-corrected chi connectivity index (χ4v) is 0.836. The van der Waals surface area contributed by atoms with Crippen LogP contribution in [-0.2, 0) is 4.79 Å². The number of quaternary nitrogens is 1. The first-order valence-electron chi connectivity index (χ1n) is 3.60. The Bertz CT molecular complexity index is 152. The number of likely N-dealkylation sites (N-methyl/N-ethyl adjacent to an activating group) is 1.